The van der Waals surface area contributed by atoms with Crippen molar-refractivity contribution in [2.45, 2.75) is 6.54 Å². The second kappa shape index (κ2) is 4.39. The molecule has 0 saturated heterocycles. The van der Waals surface area contributed by atoms with Crippen molar-refractivity contribution in [3.63, 3.8) is 0 Å². The Labute approximate surface area is 101 Å². The van der Waals surface area contributed by atoms with Gasteiger partial charge in [0.25, 0.3) is 0 Å². The molecule has 0 saturated carbocycles. The number of rotatable bonds is 2. The Morgan fingerprint density at radius 3 is 2.60 bits per heavy atom. The van der Waals surface area contributed by atoms with Crippen LogP contribution in [0.3, 0.4) is 0 Å². The summed E-state index contributed by atoms with van der Waals surface area (Å²) in [5, 5.41) is 1.08. The molecule has 0 aliphatic rings. The lowest BCUT2D eigenvalue weighted by molar-refractivity contribution is 0.882. The molecule has 0 spiro atoms. The summed E-state index contributed by atoms with van der Waals surface area (Å²) in [6.07, 6.45) is 1.76. The number of benzene rings is 1. The Balaban J connectivity index is 2.24. The normalized spacial score (nSPS) is 10.5. The summed E-state index contributed by atoms with van der Waals surface area (Å²) in [6.45, 7) is 0.643. The highest BCUT2D eigenvalue weighted by molar-refractivity contribution is 7.03. The van der Waals surface area contributed by atoms with Crippen LogP contribution >= 0.6 is 34.7 Å². The van der Waals surface area contributed by atoms with E-state index in [-0.39, 0.29) is 4.74 Å². The Morgan fingerprint density at radius 2 is 2.00 bits per heavy atom. The Hall–Kier alpha value is -0.770. The number of halogens is 2. The molecule has 0 aliphatic carbocycles. The van der Waals surface area contributed by atoms with Gasteiger partial charge in [-0.25, -0.2) is 0 Å². The van der Waals surface area contributed by atoms with Crippen molar-refractivity contribution in [1.29, 1.82) is 0 Å². The predicted octanol–water partition coefficient (Wildman–Crippen LogP) is 3.26. The molecule has 0 fully saturated rings. The average molecular weight is 260 g/mol. The minimum atomic E-state index is 0.0510. The van der Waals surface area contributed by atoms with E-state index in [0.717, 1.165) is 5.56 Å². The molecule has 0 bridgehead atoms. The molecule has 78 valence electrons. The molecule has 1 aromatic heterocycles. The molecular weight excluding hydrogens is 253 g/mol. The second-order valence-electron chi connectivity index (χ2n) is 3.05. The van der Waals surface area contributed by atoms with E-state index in [9.17, 15) is 4.79 Å². The van der Waals surface area contributed by atoms with Gasteiger partial charge in [0.1, 0.15) is 0 Å². The molecule has 0 N–H and O–H groups in total. The minimum Gasteiger partial charge on any atom is -0.298 e. The van der Waals surface area contributed by atoms with E-state index in [1.54, 1.807) is 24.4 Å². The SMILES string of the molecule is O=c1ccn(Cc2ccc(Cl)c(Cl)c2)s1. The van der Waals surface area contributed by atoms with E-state index in [0.29, 0.717) is 16.6 Å². The van der Waals surface area contributed by atoms with Gasteiger partial charge in [-0.1, -0.05) is 29.3 Å². The Bertz CT molecular complexity index is 532. The fourth-order valence-electron chi connectivity index (χ4n) is 1.22. The van der Waals surface area contributed by atoms with Gasteiger partial charge < -0.3 is 0 Å². The maximum Gasteiger partial charge on any atom is 0.249 e. The van der Waals surface area contributed by atoms with Crippen LogP contribution in [0, 0.1) is 0 Å². The highest BCUT2D eigenvalue weighted by atomic mass is 35.5. The standard InChI is InChI=1S/C10H7Cl2NOS/c11-8-2-1-7(5-9(8)12)6-13-4-3-10(14)15-13/h1-5H,6H2. The third-order valence-electron chi connectivity index (χ3n) is 1.91. The van der Waals surface area contributed by atoms with Crippen LogP contribution < -0.4 is 4.74 Å². The van der Waals surface area contributed by atoms with Crippen molar-refractivity contribution in [2.24, 2.45) is 0 Å². The van der Waals surface area contributed by atoms with Gasteiger partial charge in [-0.15, -0.1) is 0 Å². The van der Waals surface area contributed by atoms with Crippen LogP contribution in [0.15, 0.2) is 35.3 Å². The predicted molar refractivity (Wildman–Crippen MR) is 64.1 cm³/mol. The van der Waals surface area contributed by atoms with E-state index >= 15 is 0 Å². The molecule has 0 unspecified atom stereocenters. The van der Waals surface area contributed by atoms with Crippen LogP contribution in [0.5, 0.6) is 0 Å². The topological polar surface area (TPSA) is 22.0 Å². The van der Waals surface area contributed by atoms with Gasteiger partial charge in [0.15, 0.2) is 0 Å². The van der Waals surface area contributed by atoms with Gasteiger partial charge in [0.05, 0.1) is 16.6 Å². The van der Waals surface area contributed by atoms with Crippen molar-refractivity contribution in [3.8, 4) is 0 Å². The molecule has 0 amide bonds. The summed E-state index contributed by atoms with van der Waals surface area (Å²) in [4.78, 5) is 11.0. The van der Waals surface area contributed by atoms with E-state index in [1.807, 2.05) is 10.0 Å². The largest absolute Gasteiger partial charge is 0.298 e. The lowest BCUT2D eigenvalue weighted by Gasteiger charge is -2.03. The summed E-state index contributed by atoms with van der Waals surface area (Å²) in [5.41, 5.74) is 1.02. The Kier molecular flexibility index (Phi) is 3.14. The summed E-state index contributed by atoms with van der Waals surface area (Å²) < 4.78 is 1.90. The quantitative estimate of drug-likeness (QED) is 0.812. The molecule has 2 rings (SSSR count). The van der Waals surface area contributed by atoms with Gasteiger partial charge in [-0.2, -0.15) is 0 Å². The van der Waals surface area contributed by atoms with Gasteiger partial charge in [-0.3, -0.25) is 8.75 Å². The monoisotopic (exact) mass is 259 g/mol. The zero-order chi connectivity index (χ0) is 10.8. The fraction of sp³-hybridized carbons (Fsp3) is 0.100. The van der Waals surface area contributed by atoms with E-state index in [2.05, 4.69) is 0 Å². The molecule has 0 atom stereocenters. The number of aromatic nitrogens is 1. The lowest BCUT2D eigenvalue weighted by atomic mass is 10.2. The van der Waals surface area contributed by atoms with Crippen molar-refractivity contribution in [3.05, 3.63) is 55.6 Å². The van der Waals surface area contributed by atoms with Gasteiger partial charge in [0, 0.05) is 12.3 Å². The van der Waals surface area contributed by atoms with Crippen LogP contribution in [0.4, 0.5) is 0 Å². The summed E-state index contributed by atoms with van der Waals surface area (Å²) in [6, 6.07) is 7.00. The molecular formula is C10H7Cl2NOS. The molecule has 1 heterocycles. The second-order valence-corrected chi connectivity index (χ2v) is 4.92. The van der Waals surface area contributed by atoms with Gasteiger partial charge >= 0.3 is 0 Å². The van der Waals surface area contributed by atoms with Crippen molar-refractivity contribution < 1.29 is 0 Å². The third-order valence-corrected chi connectivity index (χ3v) is 3.45. The van der Waals surface area contributed by atoms with E-state index < -0.39 is 0 Å². The first-order valence-corrected chi connectivity index (χ1v) is 5.79. The molecule has 0 aliphatic heterocycles. The van der Waals surface area contributed by atoms with Gasteiger partial charge in [-0.05, 0) is 29.2 Å². The van der Waals surface area contributed by atoms with Crippen LogP contribution in [0.2, 0.25) is 10.0 Å². The minimum absolute atomic E-state index is 0.0510. The molecule has 1 aromatic carbocycles. The van der Waals surface area contributed by atoms with Gasteiger partial charge in [0.2, 0.25) is 4.74 Å². The maximum absolute atomic E-state index is 11.0. The van der Waals surface area contributed by atoms with Crippen molar-refractivity contribution >= 4 is 34.7 Å². The number of hydrogen-bond acceptors (Lipinski definition) is 2. The van der Waals surface area contributed by atoms with E-state index in [1.165, 1.54) is 11.5 Å². The molecule has 2 aromatic rings. The van der Waals surface area contributed by atoms with E-state index in [4.69, 9.17) is 23.2 Å². The van der Waals surface area contributed by atoms with Crippen LogP contribution in [0.25, 0.3) is 0 Å². The molecule has 0 radical (unpaired) electrons. The highest BCUT2D eigenvalue weighted by Gasteiger charge is 2.01. The average Bonchev–Trinajstić information content (AvgIpc) is 2.58. The van der Waals surface area contributed by atoms with Crippen molar-refractivity contribution in [2.75, 3.05) is 0 Å². The number of nitrogens with zero attached hydrogens (tertiary/aromatic N) is 1. The summed E-state index contributed by atoms with van der Waals surface area (Å²) in [7, 11) is 0. The van der Waals surface area contributed by atoms with Crippen LogP contribution in [-0.4, -0.2) is 3.96 Å². The van der Waals surface area contributed by atoms with Crippen LogP contribution in [0.1, 0.15) is 5.56 Å². The van der Waals surface area contributed by atoms with Crippen LogP contribution in [-0.2, 0) is 6.54 Å². The third kappa shape index (κ3) is 2.62. The smallest absolute Gasteiger partial charge is 0.249 e. The lowest BCUT2D eigenvalue weighted by Crippen LogP contribution is -1.94. The molecule has 2 nitrogen and oxygen atoms in total. The highest BCUT2D eigenvalue weighted by Crippen LogP contribution is 2.23. The summed E-state index contributed by atoms with van der Waals surface area (Å²) >= 11 is 12.9. The first-order chi connectivity index (χ1) is 7.15. The molecule has 5 heteroatoms. The zero-order valence-corrected chi connectivity index (χ0v) is 9.94. The first-order valence-electron chi connectivity index (χ1n) is 4.26. The summed E-state index contributed by atoms with van der Waals surface area (Å²) in [5.74, 6) is 0. The molecule has 15 heavy (non-hydrogen) atoms. The van der Waals surface area contributed by atoms with Crippen molar-refractivity contribution in [1.82, 2.24) is 3.96 Å². The number of hydrogen-bond donors (Lipinski definition) is 0. The Morgan fingerprint density at radius 1 is 1.20 bits per heavy atom. The first kappa shape index (κ1) is 10.7. The zero-order valence-electron chi connectivity index (χ0n) is 7.61. The maximum atomic E-state index is 11.0. The fourth-order valence-corrected chi connectivity index (χ4v) is 2.23.